The molecule has 2 N–H and O–H groups in total. The number of thiophene rings is 1. The van der Waals surface area contributed by atoms with Gasteiger partial charge in [-0.2, -0.15) is 0 Å². The monoisotopic (exact) mass is 435 g/mol. The van der Waals surface area contributed by atoms with Gasteiger partial charge in [-0.25, -0.2) is 0 Å². The number of nitrogens with zero attached hydrogens (tertiary/aromatic N) is 1. The molecule has 0 saturated carbocycles. The summed E-state index contributed by atoms with van der Waals surface area (Å²) in [6, 6.07) is 12.1. The summed E-state index contributed by atoms with van der Waals surface area (Å²) in [4.78, 5) is 6.84. The number of aliphatic imine (C=N–C) groups is 1. The van der Waals surface area contributed by atoms with Crippen molar-refractivity contribution in [3.05, 3.63) is 56.7 Å². The first-order chi connectivity index (χ1) is 9.67. The third-order valence-corrected chi connectivity index (χ3v) is 4.03. The van der Waals surface area contributed by atoms with Crippen LogP contribution in [0.2, 0.25) is 5.02 Å². The van der Waals surface area contributed by atoms with Gasteiger partial charge in [-0.15, -0.1) is 35.3 Å². The molecule has 0 radical (unpaired) electrons. The first kappa shape index (κ1) is 18.3. The predicted molar refractivity (Wildman–Crippen MR) is 103 cm³/mol. The van der Waals surface area contributed by atoms with Gasteiger partial charge in [0.15, 0.2) is 5.96 Å². The summed E-state index contributed by atoms with van der Waals surface area (Å²) in [6.45, 7) is 3.60. The largest absolute Gasteiger partial charge is 0.352 e. The van der Waals surface area contributed by atoms with Gasteiger partial charge in [0.1, 0.15) is 0 Å². The van der Waals surface area contributed by atoms with E-state index in [0.29, 0.717) is 6.54 Å². The van der Waals surface area contributed by atoms with Crippen LogP contribution in [0.15, 0.2) is 41.4 Å². The van der Waals surface area contributed by atoms with E-state index in [-0.39, 0.29) is 24.0 Å². The van der Waals surface area contributed by atoms with Gasteiger partial charge < -0.3 is 10.6 Å². The highest BCUT2D eigenvalue weighted by atomic mass is 127. The maximum absolute atomic E-state index is 5.97. The zero-order chi connectivity index (χ0) is 14.4. The first-order valence-electron chi connectivity index (χ1n) is 6.41. The molecular formula is C15H19ClIN3S. The number of halogens is 2. The van der Waals surface area contributed by atoms with E-state index in [9.17, 15) is 0 Å². The summed E-state index contributed by atoms with van der Waals surface area (Å²) >= 11 is 7.76. The van der Waals surface area contributed by atoms with Crippen LogP contribution in [0.4, 0.5) is 0 Å². The summed E-state index contributed by atoms with van der Waals surface area (Å²) in [5, 5.41) is 7.33. The van der Waals surface area contributed by atoms with Crippen molar-refractivity contribution in [1.29, 1.82) is 0 Å². The number of nitrogens with one attached hydrogen (secondary N) is 2. The lowest BCUT2D eigenvalue weighted by atomic mass is 10.2. The van der Waals surface area contributed by atoms with E-state index >= 15 is 0 Å². The fourth-order valence-electron chi connectivity index (χ4n) is 1.80. The van der Waals surface area contributed by atoms with Crippen LogP contribution in [-0.2, 0) is 13.1 Å². The van der Waals surface area contributed by atoms with Crippen molar-refractivity contribution in [2.75, 3.05) is 7.05 Å². The molecule has 0 unspecified atom stereocenters. The molecule has 1 heterocycles. The van der Waals surface area contributed by atoms with Crippen molar-refractivity contribution < 1.29 is 0 Å². The molecule has 0 aliphatic carbocycles. The van der Waals surface area contributed by atoms with E-state index in [1.54, 1.807) is 18.4 Å². The van der Waals surface area contributed by atoms with Gasteiger partial charge in [-0.05, 0) is 36.8 Å². The van der Waals surface area contributed by atoms with E-state index in [1.807, 2.05) is 24.3 Å². The van der Waals surface area contributed by atoms with Gasteiger partial charge in [0.2, 0.25) is 0 Å². The van der Waals surface area contributed by atoms with Crippen LogP contribution < -0.4 is 10.6 Å². The Morgan fingerprint density at radius 3 is 2.57 bits per heavy atom. The highest BCUT2D eigenvalue weighted by Crippen LogP contribution is 2.14. The molecule has 0 amide bonds. The average Bonchev–Trinajstić information content (AvgIpc) is 2.85. The second kappa shape index (κ2) is 9.27. The Morgan fingerprint density at radius 2 is 1.95 bits per heavy atom. The predicted octanol–water partition coefficient (Wildman–Crippen LogP) is 4.19. The lowest BCUT2D eigenvalue weighted by Gasteiger charge is -2.11. The van der Waals surface area contributed by atoms with Crippen molar-refractivity contribution in [3.63, 3.8) is 0 Å². The van der Waals surface area contributed by atoms with Crippen molar-refractivity contribution >= 4 is 52.9 Å². The van der Waals surface area contributed by atoms with Crippen LogP contribution in [0.1, 0.15) is 15.3 Å². The molecule has 2 aromatic rings. The average molecular weight is 436 g/mol. The SMILES string of the molecule is CN=C(NCc1cccc(Cl)c1)NCc1ccc(C)s1.I. The summed E-state index contributed by atoms with van der Waals surface area (Å²) in [5.74, 6) is 0.788. The molecule has 0 spiro atoms. The van der Waals surface area contributed by atoms with E-state index in [1.165, 1.54) is 9.75 Å². The van der Waals surface area contributed by atoms with Crippen LogP contribution in [0.5, 0.6) is 0 Å². The van der Waals surface area contributed by atoms with E-state index in [2.05, 4.69) is 34.7 Å². The highest BCUT2D eigenvalue weighted by Gasteiger charge is 2.01. The Balaban J connectivity index is 0.00000220. The molecule has 21 heavy (non-hydrogen) atoms. The Labute approximate surface area is 151 Å². The molecule has 2 rings (SSSR count). The van der Waals surface area contributed by atoms with Gasteiger partial charge in [-0.3, -0.25) is 4.99 Å². The van der Waals surface area contributed by atoms with Gasteiger partial charge >= 0.3 is 0 Å². The maximum Gasteiger partial charge on any atom is 0.191 e. The highest BCUT2D eigenvalue weighted by molar-refractivity contribution is 14.0. The summed E-state index contributed by atoms with van der Waals surface area (Å²) in [7, 11) is 1.77. The number of hydrogen-bond donors (Lipinski definition) is 2. The second-order valence-corrected chi connectivity index (χ2v) is 6.23. The van der Waals surface area contributed by atoms with Gasteiger partial charge in [0.25, 0.3) is 0 Å². The van der Waals surface area contributed by atoms with Gasteiger partial charge in [0, 0.05) is 28.4 Å². The molecule has 0 aliphatic heterocycles. The van der Waals surface area contributed by atoms with E-state index < -0.39 is 0 Å². The quantitative estimate of drug-likeness (QED) is 0.429. The molecule has 0 atom stereocenters. The molecule has 3 nitrogen and oxygen atoms in total. The smallest absolute Gasteiger partial charge is 0.191 e. The molecule has 0 fully saturated rings. The topological polar surface area (TPSA) is 36.4 Å². The number of benzene rings is 1. The maximum atomic E-state index is 5.97. The lowest BCUT2D eigenvalue weighted by molar-refractivity contribution is 0.815. The Kier molecular flexibility index (Phi) is 8.06. The van der Waals surface area contributed by atoms with E-state index in [0.717, 1.165) is 23.1 Å². The van der Waals surface area contributed by atoms with Crippen LogP contribution in [-0.4, -0.2) is 13.0 Å². The molecule has 1 aromatic carbocycles. The van der Waals surface area contributed by atoms with E-state index in [4.69, 9.17) is 11.6 Å². The summed E-state index contributed by atoms with van der Waals surface area (Å²) in [5.41, 5.74) is 1.13. The third kappa shape index (κ3) is 6.23. The minimum atomic E-state index is 0. The first-order valence-corrected chi connectivity index (χ1v) is 7.61. The zero-order valence-electron chi connectivity index (χ0n) is 12.0. The number of rotatable bonds is 4. The van der Waals surface area contributed by atoms with Gasteiger partial charge in [-0.1, -0.05) is 23.7 Å². The molecule has 6 heteroatoms. The number of guanidine groups is 1. The fourth-order valence-corrected chi connectivity index (χ4v) is 2.85. The standard InChI is InChI=1S/C15H18ClN3S.HI/c1-11-6-7-14(20-11)10-19-15(17-2)18-9-12-4-3-5-13(16)8-12;/h3-8H,9-10H2,1-2H3,(H2,17,18,19);1H. The van der Waals surface area contributed by atoms with Gasteiger partial charge in [0.05, 0.1) is 6.54 Å². The Bertz CT molecular complexity index is 598. The lowest BCUT2D eigenvalue weighted by Crippen LogP contribution is -2.36. The van der Waals surface area contributed by atoms with Crippen LogP contribution >= 0.6 is 46.9 Å². The van der Waals surface area contributed by atoms with Crippen molar-refractivity contribution in [2.24, 2.45) is 4.99 Å². The van der Waals surface area contributed by atoms with Crippen molar-refractivity contribution in [3.8, 4) is 0 Å². The molecule has 0 bridgehead atoms. The normalized spacial score (nSPS) is 10.9. The second-order valence-electron chi connectivity index (χ2n) is 4.42. The van der Waals surface area contributed by atoms with Crippen LogP contribution in [0, 0.1) is 6.92 Å². The van der Waals surface area contributed by atoms with Crippen molar-refractivity contribution in [1.82, 2.24) is 10.6 Å². The van der Waals surface area contributed by atoms with Crippen molar-refractivity contribution in [2.45, 2.75) is 20.0 Å². The fraction of sp³-hybridized carbons (Fsp3) is 0.267. The number of hydrogen-bond acceptors (Lipinski definition) is 2. The Morgan fingerprint density at radius 1 is 1.19 bits per heavy atom. The number of aryl methyl sites for hydroxylation is 1. The molecular weight excluding hydrogens is 417 g/mol. The molecule has 0 aliphatic rings. The molecule has 1 aromatic heterocycles. The minimum absolute atomic E-state index is 0. The minimum Gasteiger partial charge on any atom is -0.352 e. The summed E-state index contributed by atoms with van der Waals surface area (Å²) < 4.78 is 0. The summed E-state index contributed by atoms with van der Waals surface area (Å²) in [6.07, 6.45) is 0. The van der Waals surface area contributed by atoms with Crippen LogP contribution in [0.25, 0.3) is 0 Å². The zero-order valence-corrected chi connectivity index (χ0v) is 15.9. The third-order valence-electron chi connectivity index (χ3n) is 2.80. The molecule has 0 saturated heterocycles. The molecule has 114 valence electrons. The Hall–Kier alpha value is -0.790. The van der Waals surface area contributed by atoms with Crippen LogP contribution in [0.3, 0.4) is 0 Å².